The maximum absolute atomic E-state index is 13.0. The van der Waals surface area contributed by atoms with Gasteiger partial charge in [0.25, 0.3) is 0 Å². The molecular weight excluding hydrogens is 388 g/mol. The Kier molecular flexibility index (Phi) is 6.97. The molecular formula is C25H32N4O2. The zero-order chi connectivity index (χ0) is 21.6. The van der Waals surface area contributed by atoms with E-state index in [1.807, 2.05) is 40.3 Å². The summed E-state index contributed by atoms with van der Waals surface area (Å²) in [7, 11) is 0. The van der Waals surface area contributed by atoms with E-state index in [-0.39, 0.29) is 17.7 Å². The lowest BCUT2D eigenvalue weighted by molar-refractivity contribution is -0.133. The Morgan fingerprint density at radius 2 is 1.77 bits per heavy atom. The monoisotopic (exact) mass is 420 g/mol. The first kappa shape index (κ1) is 21.5. The quantitative estimate of drug-likeness (QED) is 0.763. The van der Waals surface area contributed by atoms with Gasteiger partial charge >= 0.3 is 0 Å². The van der Waals surface area contributed by atoms with Crippen LogP contribution in [0.1, 0.15) is 43.7 Å². The second-order valence-corrected chi connectivity index (χ2v) is 8.68. The maximum Gasteiger partial charge on any atom is 0.225 e. The largest absolute Gasteiger partial charge is 0.338 e. The molecule has 1 saturated carbocycles. The molecule has 0 N–H and O–H groups in total. The van der Waals surface area contributed by atoms with E-state index < -0.39 is 0 Å². The minimum Gasteiger partial charge on any atom is -0.338 e. The Morgan fingerprint density at radius 3 is 2.48 bits per heavy atom. The summed E-state index contributed by atoms with van der Waals surface area (Å²) in [5, 5.41) is 0. The number of anilines is 1. The lowest BCUT2D eigenvalue weighted by Crippen LogP contribution is -2.38. The van der Waals surface area contributed by atoms with Crippen molar-refractivity contribution >= 4 is 17.5 Å². The number of carbonyl (C=O) groups excluding carboxylic acids is 2. The molecule has 0 spiro atoms. The van der Waals surface area contributed by atoms with Crippen LogP contribution in [0.3, 0.4) is 0 Å². The molecule has 31 heavy (non-hydrogen) atoms. The van der Waals surface area contributed by atoms with Crippen LogP contribution in [0.4, 0.5) is 5.69 Å². The normalized spacial score (nSPS) is 18.6. The Balaban J connectivity index is 1.57. The van der Waals surface area contributed by atoms with Crippen molar-refractivity contribution in [3.8, 4) is 0 Å². The summed E-state index contributed by atoms with van der Waals surface area (Å²) in [4.78, 5) is 36.1. The Morgan fingerprint density at radius 1 is 1.00 bits per heavy atom. The van der Waals surface area contributed by atoms with Crippen molar-refractivity contribution in [1.29, 1.82) is 0 Å². The van der Waals surface area contributed by atoms with E-state index in [2.05, 4.69) is 22.0 Å². The van der Waals surface area contributed by atoms with Crippen LogP contribution < -0.4 is 4.90 Å². The van der Waals surface area contributed by atoms with Gasteiger partial charge in [-0.15, -0.1) is 0 Å². The summed E-state index contributed by atoms with van der Waals surface area (Å²) in [5.41, 5.74) is 3.18. The molecule has 1 fully saturated rings. The van der Waals surface area contributed by atoms with Gasteiger partial charge in [-0.2, -0.15) is 0 Å². The van der Waals surface area contributed by atoms with Crippen LogP contribution in [-0.2, 0) is 22.7 Å². The van der Waals surface area contributed by atoms with Crippen LogP contribution in [0.25, 0.3) is 0 Å². The minimum absolute atomic E-state index is 0.0448. The van der Waals surface area contributed by atoms with Gasteiger partial charge in [0, 0.05) is 70.2 Å². The van der Waals surface area contributed by atoms with Gasteiger partial charge in [0.1, 0.15) is 0 Å². The van der Waals surface area contributed by atoms with Gasteiger partial charge in [0.15, 0.2) is 0 Å². The predicted octanol–water partition coefficient (Wildman–Crippen LogP) is 3.47. The van der Waals surface area contributed by atoms with E-state index in [1.54, 1.807) is 13.1 Å². The molecule has 0 bridgehead atoms. The first-order chi connectivity index (χ1) is 15.1. The molecule has 2 heterocycles. The summed E-state index contributed by atoms with van der Waals surface area (Å²) in [5.74, 6) is 0.499. The van der Waals surface area contributed by atoms with E-state index >= 15 is 0 Å². The number of para-hydroxylation sites is 1. The van der Waals surface area contributed by atoms with Crippen molar-refractivity contribution in [3.05, 3.63) is 59.9 Å². The number of pyridine rings is 1. The van der Waals surface area contributed by atoms with E-state index in [4.69, 9.17) is 0 Å². The number of carbonyl (C=O) groups is 2. The van der Waals surface area contributed by atoms with Crippen molar-refractivity contribution in [2.24, 2.45) is 5.92 Å². The van der Waals surface area contributed by atoms with Crippen molar-refractivity contribution in [2.45, 2.75) is 45.7 Å². The van der Waals surface area contributed by atoms with Crippen LogP contribution in [0.2, 0.25) is 0 Å². The molecule has 0 unspecified atom stereocenters. The van der Waals surface area contributed by atoms with E-state index in [9.17, 15) is 9.59 Å². The van der Waals surface area contributed by atoms with E-state index in [1.165, 1.54) is 5.56 Å². The molecule has 2 aromatic rings. The molecule has 6 heteroatoms. The molecule has 0 saturated heterocycles. The molecule has 1 aliphatic heterocycles. The predicted molar refractivity (Wildman–Crippen MR) is 121 cm³/mol. The third kappa shape index (κ3) is 5.70. The molecule has 0 atom stereocenters. The molecule has 1 aliphatic carbocycles. The van der Waals surface area contributed by atoms with Crippen LogP contribution in [0.5, 0.6) is 0 Å². The van der Waals surface area contributed by atoms with Crippen LogP contribution in [0.15, 0.2) is 48.8 Å². The van der Waals surface area contributed by atoms with Gasteiger partial charge in [-0.25, -0.2) is 0 Å². The molecule has 1 aromatic carbocycles. The van der Waals surface area contributed by atoms with Crippen molar-refractivity contribution in [3.63, 3.8) is 0 Å². The molecule has 164 valence electrons. The lowest BCUT2D eigenvalue weighted by atomic mass is 10.1. The van der Waals surface area contributed by atoms with Crippen LogP contribution in [0, 0.1) is 5.92 Å². The summed E-state index contributed by atoms with van der Waals surface area (Å²) in [6.07, 6.45) is 7.56. The Bertz CT molecular complexity index is 897. The fourth-order valence-corrected chi connectivity index (χ4v) is 4.37. The van der Waals surface area contributed by atoms with Gasteiger partial charge < -0.3 is 9.80 Å². The van der Waals surface area contributed by atoms with Crippen molar-refractivity contribution in [2.75, 3.05) is 31.1 Å². The SMILES string of the molecule is CC(=O)N1CCCN(Cc2cccnc2)CCCN(C(=O)C2CC2)Cc2ccccc21. The number of fused-ring (bicyclic) bond motifs is 1. The molecule has 0 radical (unpaired) electrons. The number of rotatable bonds is 3. The topological polar surface area (TPSA) is 56.8 Å². The lowest BCUT2D eigenvalue weighted by Gasteiger charge is -2.31. The molecule has 6 nitrogen and oxygen atoms in total. The fraction of sp³-hybridized carbons (Fsp3) is 0.480. The van der Waals surface area contributed by atoms with E-state index in [0.717, 1.165) is 63.1 Å². The summed E-state index contributed by atoms with van der Waals surface area (Å²) in [6.45, 7) is 6.27. The number of benzene rings is 1. The highest BCUT2D eigenvalue weighted by atomic mass is 16.2. The summed E-state index contributed by atoms with van der Waals surface area (Å²) < 4.78 is 0. The average Bonchev–Trinajstić information content (AvgIpc) is 3.61. The fourth-order valence-electron chi connectivity index (χ4n) is 4.37. The smallest absolute Gasteiger partial charge is 0.225 e. The van der Waals surface area contributed by atoms with Crippen molar-refractivity contribution in [1.82, 2.24) is 14.8 Å². The van der Waals surface area contributed by atoms with Crippen LogP contribution in [-0.4, -0.2) is 52.8 Å². The summed E-state index contributed by atoms with van der Waals surface area (Å²) in [6, 6.07) is 12.1. The Hall–Kier alpha value is -2.73. The average molecular weight is 421 g/mol. The highest BCUT2D eigenvalue weighted by Crippen LogP contribution is 2.32. The highest BCUT2D eigenvalue weighted by Gasteiger charge is 2.33. The van der Waals surface area contributed by atoms with Gasteiger partial charge in [-0.05, 0) is 48.9 Å². The number of amides is 2. The van der Waals surface area contributed by atoms with Gasteiger partial charge in [0.05, 0.1) is 0 Å². The van der Waals surface area contributed by atoms with Crippen LogP contribution >= 0.6 is 0 Å². The maximum atomic E-state index is 13.0. The molecule has 4 rings (SSSR count). The zero-order valence-electron chi connectivity index (χ0n) is 18.4. The van der Waals surface area contributed by atoms with Gasteiger partial charge in [-0.1, -0.05) is 24.3 Å². The third-order valence-corrected chi connectivity index (χ3v) is 6.15. The van der Waals surface area contributed by atoms with E-state index in [0.29, 0.717) is 13.1 Å². The van der Waals surface area contributed by atoms with Gasteiger partial charge in [0.2, 0.25) is 11.8 Å². The molecule has 1 aromatic heterocycles. The highest BCUT2D eigenvalue weighted by molar-refractivity contribution is 5.92. The number of nitrogens with zero attached hydrogens (tertiary/aromatic N) is 4. The molecule has 2 aliphatic rings. The second-order valence-electron chi connectivity index (χ2n) is 8.68. The zero-order valence-corrected chi connectivity index (χ0v) is 18.4. The van der Waals surface area contributed by atoms with Crippen molar-refractivity contribution < 1.29 is 9.59 Å². The summed E-state index contributed by atoms with van der Waals surface area (Å²) >= 11 is 0. The number of aromatic nitrogens is 1. The Labute approximate surface area is 184 Å². The standard InChI is InChI=1S/C25H32N4O2/c1-20(30)29-16-6-14-27(18-21-7-4-12-26-17-21)13-5-15-28(25(31)22-10-11-22)19-23-8-2-3-9-24(23)29/h2-4,7-9,12,17,22H,5-6,10-11,13-16,18-19H2,1H3. The van der Waals surface area contributed by atoms with Gasteiger partial charge in [-0.3, -0.25) is 19.5 Å². The first-order valence-corrected chi connectivity index (χ1v) is 11.4. The first-order valence-electron chi connectivity index (χ1n) is 11.4. The second kappa shape index (κ2) is 10.1. The third-order valence-electron chi connectivity index (χ3n) is 6.15. The molecule has 2 amide bonds. The number of hydrogen-bond acceptors (Lipinski definition) is 4. The minimum atomic E-state index is 0.0448. The number of hydrogen-bond donors (Lipinski definition) is 0.